The van der Waals surface area contributed by atoms with E-state index in [1.54, 1.807) is 35.3 Å². The number of benzene rings is 1. The highest BCUT2D eigenvalue weighted by Crippen LogP contribution is 2.20. The zero-order chi connectivity index (χ0) is 15.7. The summed E-state index contributed by atoms with van der Waals surface area (Å²) in [6.45, 7) is 1.91. The molecule has 3 aromatic rings. The van der Waals surface area contributed by atoms with E-state index in [-0.39, 0.29) is 5.56 Å². The topological polar surface area (TPSA) is 80.9 Å². The fraction of sp³-hybridized carbons (Fsp3) is 0.0667. The van der Waals surface area contributed by atoms with Crippen molar-refractivity contribution in [2.75, 3.05) is 0 Å². The number of carboxylic acids is 1. The summed E-state index contributed by atoms with van der Waals surface area (Å²) in [6, 6.07) is 8.22. The first-order valence-electron chi connectivity index (χ1n) is 6.43. The number of carbonyl (C=O) groups is 1. The Balaban J connectivity index is 1.95. The minimum atomic E-state index is -0.960. The molecule has 0 aliphatic heterocycles. The monoisotopic (exact) mass is 314 g/mol. The molecule has 110 valence electrons. The number of aromatic carboxylic acids is 1. The predicted octanol–water partition coefficient (Wildman–Crippen LogP) is 2.99. The normalized spacial score (nSPS) is 10.6. The molecular weight excluding hydrogens is 304 g/mol. The number of nitrogens with zero attached hydrogens (tertiary/aromatic N) is 4. The van der Waals surface area contributed by atoms with E-state index in [1.807, 2.05) is 6.92 Å². The summed E-state index contributed by atoms with van der Waals surface area (Å²) in [5.41, 5.74) is 3.37. The largest absolute Gasteiger partial charge is 0.478 e. The summed E-state index contributed by atoms with van der Waals surface area (Å²) >= 11 is 5.84. The van der Waals surface area contributed by atoms with Crippen molar-refractivity contribution in [2.24, 2.45) is 0 Å². The summed E-state index contributed by atoms with van der Waals surface area (Å²) in [5.74, 6) is -0.960. The minimum absolute atomic E-state index is 0.230. The van der Waals surface area contributed by atoms with Crippen LogP contribution in [0.2, 0.25) is 5.15 Å². The zero-order valence-corrected chi connectivity index (χ0v) is 12.3. The average molecular weight is 315 g/mol. The molecule has 7 heteroatoms. The Bertz CT molecular complexity index is 843. The molecule has 0 saturated heterocycles. The van der Waals surface area contributed by atoms with E-state index in [4.69, 9.17) is 16.7 Å². The first kappa shape index (κ1) is 14.2. The van der Waals surface area contributed by atoms with Crippen LogP contribution in [-0.2, 0) is 0 Å². The Labute approximate surface area is 131 Å². The highest BCUT2D eigenvalue weighted by Gasteiger charge is 2.09. The zero-order valence-electron chi connectivity index (χ0n) is 11.6. The van der Waals surface area contributed by atoms with E-state index in [0.717, 1.165) is 16.8 Å². The Hall–Kier alpha value is -2.73. The number of carboxylic acid groups (broad SMARTS) is 1. The molecule has 0 saturated carbocycles. The third-order valence-electron chi connectivity index (χ3n) is 3.22. The van der Waals surface area contributed by atoms with Crippen LogP contribution in [0.3, 0.4) is 0 Å². The number of hydrogen-bond donors (Lipinski definition) is 1. The Morgan fingerprint density at radius 3 is 2.64 bits per heavy atom. The van der Waals surface area contributed by atoms with Crippen molar-refractivity contribution in [1.29, 1.82) is 0 Å². The van der Waals surface area contributed by atoms with Gasteiger partial charge in [0, 0.05) is 5.56 Å². The van der Waals surface area contributed by atoms with Gasteiger partial charge in [0.2, 0.25) is 0 Å². The van der Waals surface area contributed by atoms with Crippen molar-refractivity contribution >= 4 is 17.6 Å². The van der Waals surface area contributed by atoms with Gasteiger partial charge in [0.05, 0.1) is 23.6 Å². The molecule has 0 radical (unpaired) electrons. The van der Waals surface area contributed by atoms with Crippen molar-refractivity contribution in [1.82, 2.24) is 20.0 Å². The molecule has 2 aromatic heterocycles. The molecule has 2 heterocycles. The van der Waals surface area contributed by atoms with E-state index in [2.05, 4.69) is 15.3 Å². The summed E-state index contributed by atoms with van der Waals surface area (Å²) in [4.78, 5) is 14.9. The van der Waals surface area contributed by atoms with Gasteiger partial charge in [-0.25, -0.2) is 14.5 Å². The highest BCUT2D eigenvalue weighted by atomic mass is 35.5. The van der Waals surface area contributed by atoms with Crippen LogP contribution in [0.25, 0.3) is 16.9 Å². The van der Waals surface area contributed by atoms with Gasteiger partial charge in [0.25, 0.3) is 0 Å². The molecule has 6 nitrogen and oxygen atoms in total. The van der Waals surface area contributed by atoms with Gasteiger partial charge >= 0.3 is 5.97 Å². The van der Waals surface area contributed by atoms with E-state index >= 15 is 0 Å². The number of pyridine rings is 1. The number of halogens is 1. The number of hydrogen-bond acceptors (Lipinski definition) is 4. The number of rotatable bonds is 3. The van der Waals surface area contributed by atoms with E-state index in [0.29, 0.717) is 10.8 Å². The molecular formula is C15H11ClN4O2. The molecule has 0 unspecified atom stereocenters. The molecule has 0 aliphatic rings. The van der Waals surface area contributed by atoms with Crippen LogP contribution in [0, 0.1) is 6.92 Å². The number of aromatic nitrogens is 4. The lowest BCUT2D eigenvalue weighted by atomic mass is 10.1. The van der Waals surface area contributed by atoms with Crippen molar-refractivity contribution in [3.8, 4) is 16.9 Å². The summed E-state index contributed by atoms with van der Waals surface area (Å²) in [5, 5.41) is 17.5. The SMILES string of the molecule is Cc1cc(Cl)ncc1-n1cc(-c2ccc(C(=O)O)cc2)nn1. The highest BCUT2D eigenvalue weighted by molar-refractivity contribution is 6.29. The number of aryl methyl sites for hydroxylation is 1. The average Bonchev–Trinajstić information content (AvgIpc) is 2.97. The van der Waals surface area contributed by atoms with Gasteiger partial charge in [0.15, 0.2) is 0 Å². The molecule has 0 bridgehead atoms. The third-order valence-corrected chi connectivity index (χ3v) is 3.42. The fourth-order valence-electron chi connectivity index (χ4n) is 2.05. The lowest BCUT2D eigenvalue weighted by Crippen LogP contribution is -1.98. The van der Waals surface area contributed by atoms with Crippen LogP contribution in [-0.4, -0.2) is 31.1 Å². The smallest absolute Gasteiger partial charge is 0.335 e. The van der Waals surface area contributed by atoms with E-state index < -0.39 is 5.97 Å². The summed E-state index contributed by atoms with van der Waals surface area (Å²) in [6.07, 6.45) is 3.39. The summed E-state index contributed by atoms with van der Waals surface area (Å²) in [7, 11) is 0. The minimum Gasteiger partial charge on any atom is -0.478 e. The van der Waals surface area contributed by atoms with Crippen LogP contribution in [0.4, 0.5) is 0 Å². The van der Waals surface area contributed by atoms with Gasteiger partial charge in [-0.05, 0) is 30.7 Å². The molecule has 1 N–H and O–H groups in total. The van der Waals surface area contributed by atoms with Crippen LogP contribution in [0.1, 0.15) is 15.9 Å². The van der Waals surface area contributed by atoms with Crippen LogP contribution >= 0.6 is 11.6 Å². The third kappa shape index (κ3) is 2.68. The molecule has 1 aromatic carbocycles. The Morgan fingerprint density at radius 1 is 1.27 bits per heavy atom. The molecule has 0 spiro atoms. The lowest BCUT2D eigenvalue weighted by Gasteiger charge is -2.03. The van der Waals surface area contributed by atoms with Crippen molar-refractivity contribution < 1.29 is 9.90 Å². The predicted molar refractivity (Wildman–Crippen MR) is 81.3 cm³/mol. The molecule has 0 fully saturated rings. The maximum absolute atomic E-state index is 10.9. The van der Waals surface area contributed by atoms with Crippen molar-refractivity contribution in [2.45, 2.75) is 6.92 Å². The van der Waals surface area contributed by atoms with Gasteiger partial charge in [-0.3, -0.25) is 0 Å². The van der Waals surface area contributed by atoms with E-state index in [1.165, 1.54) is 12.1 Å². The van der Waals surface area contributed by atoms with Gasteiger partial charge in [-0.2, -0.15) is 0 Å². The van der Waals surface area contributed by atoms with E-state index in [9.17, 15) is 4.79 Å². The first-order chi connectivity index (χ1) is 10.5. The molecule has 0 amide bonds. The van der Waals surface area contributed by atoms with Gasteiger partial charge in [-0.15, -0.1) is 5.10 Å². The maximum Gasteiger partial charge on any atom is 0.335 e. The molecule has 22 heavy (non-hydrogen) atoms. The Kier molecular flexibility index (Phi) is 3.60. The van der Waals surface area contributed by atoms with Crippen LogP contribution < -0.4 is 0 Å². The second kappa shape index (κ2) is 5.57. The quantitative estimate of drug-likeness (QED) is 0.752. The molecule has 3 rings (SSSR count). The van der Waals surface area contributed by atoms with Crippen molar-refractivity contribution in [3.63, 3.8) is 0 Å². The summed E-state index contributed by atoms with van der Waals surface area (Å²) < 4.78 is 1.61. The van der Waals surface area contributed by atoms with Crippen LogP contribution in [0.15, 0.2) is 42.7 Å². The lowest BCUT2D eigenvalue weighted by molar-refractivity contribution is 0.0697. The first-order valence-corrected chi connectivity index (χ1v) is 6.81. The fourth-order valence-corrected chi connectivity index (χ4v) is 2.26. The maximum atomic E-state index is 10.9. The van der Waals surface area contributed by atoms with Gasteiger partial charge in [0.1, 0.15) is 10.8 Å². The van der Waals surface area contributed by atoms with Gasteiger partial charge < -0.3 is 5.11 Å². The van der Waals surface area contributed by atoms with Gasteiger partial charge in [-0.1, -0.05) is 28.9 Å². The second-order valence-corrected chi connectivity index (χ2v) is 5.11. The van der Waals surface area contributed by atoms with Crippen LogP contribution in [0.5, 0.6) is 0 Å². The molecule has 0 atom stereocenters. The second-order valence-electron chi connectivity index (χ2n) is 4.72. The molecule has 0 aliphatic carbocycles. The Morgan fingerprint density at radius 2 is 2.00 bits per heavy atom. The standard InChI is InChI=1S/C15H11ClN4O2/c1-9-6-14(16)17-7-13(9)20-8-12(18-19-20)10-2-4-11(5-3-10)15(21)22/h2-8H,1H3,(H,21,22). The van der Waals surface area contributed by atoms with Crippen molar-refractivity contribution in [3.05, 3.63) is 59.0 Å².